The van der Waals surface area contributed by atoms with Gasteiger partial charge in [0.05, 0.1) is 11.3 Å². The Balaban J connectivity index is 2.35. The van der Waals surface area contributed by atoms with Crippen LogP contribution in [0.3, 0.4) is 0 Å². The number of hydrogen-bond acceptors (Lipinski definition) is 3. The first-order valence-electron chi connectivity index (χ1n) is 7.05. The van der Waals surface area contributed by atoms with E-state index >= 15 is 0 Å². The molecule has 22 heavy (non-hydrogen) atoms. The monoisotopic (exact) mass is 318 g/mol. The van der Waals surface area contributed by atoms with Crippen LogP contribution in [0.15, 0.2) is 29.3 Å². The number of rotatable bonds is 2. The molecule has 0 atom stereocenters. The van der Waals surface area contributed by atoms with Gasteiger partial charge < -0.3 is 4.57 Å². The zero-order chi connectivity index (χ0) is 15.9. The number of nitriles is 1. The summed E-state index contributed by atoms with van der Waals surface area (Å²) in [5.41, 5.74) is 2.47. The third-order valence-corrected chi connectivity index (χ3v) is 5.03. The normalized spacial score (nSPS) is 14.4. The minimum atomic E-state index is -3.45. The van der Waals surface area contributed by atoms with Crippen LogP contribution in [-0.4, -0.2) is 19.2 Å². The second-order valence-corrected chi connectivity index (χ2v) is 7.51. The summed E-state index contributed by atoms with van der Waals surface area (Å²) in [5.74, 6) is -0.512. The Morgan fingerprint density at radius 2 is 1.95 bits per heavy atom. The van der Waals surface area contributed by atoms with E-state index in [1.165, 1.54) is 12.1 Å². The molecule has 2 aromatic rings. The van der Waals surface area contributed by atoms with E-state index in [1.54, 1.807) is 10.6 Å². The first kappa shape index (κ1) is 14.8. The van der Waals surface area contributed by atoms with Gasteiger partial charge >= 0.3 is 0 Å². The summed E-state index contributed by atoms with van der Waals surface area (Å²) in [6.45, 7) is 0. The predicted octanol–water partition coefficient (Wildman–Crippen LogP) is 2.77. The van der Waals surface area contributed by atoms with Crippen molar-refractivity contribution in [1.29, 1.82) is 5.26 Å². The zero-order valence-electron chi connectivity index (χ0n) is 12.1. The second-order valence-electron chi connectivity index (χ2n) is 5.54. The van der Waals surface area contributed by atoms with E-state index in [0.717, 1.165) is 49.3 Å². The van der Waals surface area contributed by atoms with Gasteiger partial charge in [-0.05, 0) is 55.5 Å². The highest BCUT2D eigenvalue weighted by atomic mass is 32.2. The van der Waals surface area contributed by atoms with Gasteiger partial charge in [0.15, 0.2) is 9.84 Å². The highest BCUT2D eigenvalue weighted by Gasteiger charge is 2.25. The van der Waals surface area contributed by atoms with E-state index in [1.807, 2.05) is 6.07 Å². The molecule has 1 aliphatic rings. The van der Waals surface area contributed by atoms with Gasteiger partial charge in [0.25, 0.3) is 0 Å². The van der Waals surface area contributed by atoms with Crippen LogP contribution in [-0.2, 0) is 22.7 Å². The smallest absolute Gasteiger partial charge is 0.191 e. The fraction of sp³-hybridized carbons (Fsp3) is 0.312. The molecule has 0 unspecified atom stereocenters. The number of sulfone groups is 1. The summed E-state index contributed by atoms with van der Waals surface area (Å²) < 4.78 is 39.3. The van der Waals surface area contributed by atoms with E-state index in [2.05, 4.69) is 0 Å². The van der Waals surface area contributed by atoms with Crippen LogP contribution in [0.25, 0.3) is 5.69 Å². The summed E-state index contributed by atoms with van der Waals surface area (Å²) >= 11 is 0. The number of hydrogen-bond donors (Lipinski definition) is 0. The number of aromatic nitrogens is 1. The zero-order valence-corrected chi connectivity index (χ0v) is 13.0. The molecule has 1 aromatic heterocycles. The van der Waals surface area contributed by atoms with Crippen molar-refractivity contribution < 1.29 is 12.8 Å². The third kappa shape index (κ3) is 2.42. The van der Waals surface area contributed by atoms with Gasteiger partial charge in [0, 0.05) is 11.9 Å². The van der Waals surface area contributed by atoms with Gasteiger partial charge in [-0.2, -0.15) is 5.26 Å². The van der Waals surface area contributed by atoms with E-state index in [4.69, 9.17) is 0 Å². The average molecular weight is 318 g/mol. The standard InChI is InChI=1S/C16H15FN2O2S/c1-22(20,21)16-9-11-4-2-3-5-14(11)19(16)15-7-6-13(17)8-12(15)10-18/h6-9H,2-5H2,1H3. The van der Waals surface area contributed by atoms with Gasteiger partial charge in [-0.25, -0.2) is 12.8 Å². The lowest BCUT2D eigenvalue weighted by Gasteiger charge is -2.17. The molecule has 1 aliphatic carbocycles. The Morgan fingerprint density at radius 1 is 1.23 bits per heavy atom. The molecule has 4 nitrogen and oxygen atoms in total. The van der Waals surface area contributed by atoms with Crippen molar-refractivity contribution in [1.82, 2.24) is 4.57 Å². The minimum Gasteiger partial charge on any atom is -0.303 e. The number of aryl methyl sites for hydroxylation is 1. The molecule has 0 radical (unpaired) electrons. The third-order valence-electron chi connectivity index (χ3n) is 3.97. The molecule has 0 bridgehead atoms. The van der Waals surface area contributed by atoms with E-state index in [0.29, 0.717) is 5.69 Å². The molecule has 6 heteroatoms. The number of nitrogens with zero attached hydrogens (tertiary/aromatic N) is 2. The molecule has 1 heterocycles. The lowest BCUT2D eigenvalue weighted by atomic mass is 9.98. The van der Waals surface area contributed by atoms with Crippen molar-refractivity contribution in [2.45, 2.75) is 30.7 Å². The maximum atomic E-state index is 13.4. The predicted molar refractivity (Wildman–Crippen MR) is 80.2 cm³/mol. The lowest BCUT2D eigenvalue weighted by molar-refractivity contribution is 0.592. The van der Waals surface area contributed by atoms with Crippen LogP contribution in [0.4, 0.5) is 4.39 Å². The van der Waals surface area contributed by atoms with Gasteiger partial charge in [-0.15, -0.1) is 0 Å². The van der Waals surface area contributed by atoms with Crippen LogP contribution >= 0.6 is 0 Å². The largest absolute Gasteiger partial charge is 0.303 e. The maximum Gasteiger partial charge on any atom is 0.191 e. The molecule has 0 spiro atoms. The van der Waals surface area contributed by atoms with Crippen molar-refractivity contribution in [3.63, 3.8) is 0 Å². The first-order valence-corrected chi connectivity index (χ1v) is 8.94. The summed E-state index contributed by atoms with van der Waals surface area (Å²) in [6, 6.07) is 7.50. The van der Waals surface area contributed by atoms with E-state index in [9.17, 15) is 18.1 Å². The summed E-state index contributed by atoms with van der Waals surface area (Å²) in [5, 5.41) is 9.43. The number of fused-ring (bicyclic) bond motifs is 1. The van der Waals surface area contributed by atoms with E-state index in [-0.39, 0.29) is 10.6 Å². The Morgan fingerprint density at radius 3 is 2.64 bits per heavy atom. The molecule has 0 amide bonds. The average Bonchev–Trinajstić information content (AvgIpc) is 2.86. The maximum absolute atomic E-state index is 13.4. The van der Waals surface area contributed by atoms with Crippen LogP contribution in [0.1, 0.15) is 29.7 Å². The fourth-order valence-electron chi connectivity index (χ4n) is 3.00. The molecule has 0 N–H and O–H groups in total. The summed E-state index contributed by atoms with van der Waals surface area (Å²) in [7, 11) is -3.45. The van der Waals surface area contributed by atoms with Gasteiger partial charge in [0.2, 0.25) is 0 Å². The van der Waals surface area contributed by atoms with Gasteiger partial charge in [-0.3, -0.25) is 0 Å². The van der Waals surface area contributed by atoms with Crippen molar-refractivity contribution >= 4 is 9.84 Å². The van der Waals surface area contributed by atoms with Crippen LogP contribution in [0.5, 0.6) is 0 Å². The van der Waals surface area contributed by atoms with Crippen molar-refractivity contribution in [2.24, 2.45) is 0 Å². The molecule has 114 valence electrons. The van der Waals surface area contributed by atoms with E-state index < -0.39 is 15.7 Å². The van der Waals surface area contributed by atoms with Crippen LogP contribution in [0.2, 0.25) is 0 Å². The summed E-state index contributed by atoms with van der Waals surface area (Å²) in [6.07, 6.45) is 4.74. The van der Waals surface area contributed by atoms with Crippen molar-refractivity contribution in [3.05, 3.63) is 46.9 Å². The van der Waals surface area contributed by atoms with Crippen LogP contribution in [0, 0.1) is 17.1 Å². The Labute approximate surface area is 128 Å². The number of benzene rings is 1. The Bertz CT molecular complexity index is 892. The van der Waals surface area contributed by atoms with Crippen molar-refractivity contribution in [3.8, 4) is 11.8 Å². The molecular weight excluding hydrogens is 303 g/mol. The molecular formula is C16H15FN2O2S. The second kappa shape index (κ2) is 5.25. The number of halogens is 1. The fourth-order valence-corrected chi connectivity index (χ4v) is 3.90. The SMILES string of the molecule is CS(=O)(=O)c1cc2c(n1-c1ccc(F)cc1C#N)CCCC2. The molecule has 0 saturated heterocycles. The van der Waals surface area contributed by atoms with Crippen LogP contribution < -0.4 is 0 Å². The quantitative estimate of drug-likeness (QED) is 0.855. The molecule has 1 aromatic carbocycles. The summed E-state index contributed by atoms with van der Waals surface area (Å²) in [4.78, 5) is 0. The first-order chi connectivity index (χ1) is 10.4. The Hall–Kier alpha value is -2.13. The molecule has 3 rings (SSSR count). The van der Waals surface area contributed by atoms with Crippen molar-refractivity contribution in [2.75, 3.05) is 6.26 Å². The molecule has 0 aliphatic heterocycles. The molecule has 0 fully saturated rings. The molecule has 0 saturated carbocycles. The highest BCUT2D eigenvalue weighted by Crippen LogP contribution is 2.32. The van der Waals surface area contributed by atoms with Gasteiger partial charge in [0.1, 0.15) is 16.9 Å². The lowest BCUT2D eigenvalue weighted by Crippen LogP contribution is -2.12. The van der Waals surface area contributed by atoms with Gasteiger partial charge in [-0.1, -0.05) is 0 Å². The highest BCUT2D eigenvalue weighted by molar-refractivity contribution is 7.90. The topological polar surface area (TPSA) is 62.9 Å². The minimum absolute atomic E-state index is 0.133. The Kier molecular flexibility index (Phi) is 3.53.